The summed E-state index contributed by atoms with van der Waals surface area (Å²) in [5.41, 5.74) is 0.161. The lowest BCUT2D eigenvalue weighted by molar-refractivity contribution is 0.0718. The smallest absolute Gasteiger partial charge is 0.257 e. The maximum absolute atomic E-state index is 12.7. The molecule has 0 saturated carbocycles. The number of phenolic OH excluding ortho intramolecular Hbond substituents is 2. The lowest BCUT2D eigenvalue weighted by Gasteiger charge is -2.28. The van der Waals surface area contributed by atoms with Gasteiger partial charge in [-0.2, -0.15) is 0 Å². The van der Waals surface area contributed by atoms with Crippen LogP contribution in [0.5, 0.6) is 11.5 Å². The van der Waals surface area contributed by atoms with E-state index in [9.17, 15) is 15.0 Å². The van der Waals surface area contributed by atoms with Crippen molar-refractivity contribution >= 4 is 5.91 Å². The molecular weight excluding hydrogens is 268 g/mol. The van der Waals surface area contributed by atoms with Crippen molar-refractivity contribution < 1.29 is 15.0 Å². The molecule has 0 radical (unpaired) electrons. The summed E-state index contributed by atoms with van der Waals surface area (Å²) >= 11 is 0. The first-order chi connectivity index (χ1) is 9.97. The zero-order valence-corrected chi connectivity index (χ0v) is 12.7. The molecule has 0 spiro atoms. The van der Waals surface area contributed by atoms with Crippen molar-refractivity contribution in [3.63, 3.8) is 0 Å². The monoisotopic (exact) mass is 292 g/mol. The second kappa shape index (κ2) is 6.80. The molecule has 1 amide bonds. The largest absolute Gasteiger partial charge is 0.508 e. The van der Waals surface area contributed by atoms with Crippen LogP contribution in [0, 0.1) is 5.92 Å². The quantitative estimate of drug-likeness (QED) is 0.725. The van der Waals surface area contributed by atoms with E-state index in [-0.39, 0.29) is 23.0 Å². The van der Waals surface area contributed by atoms with Gasteiger partial charge in [0.15, 0.2) is 0 Å². The summed E-state index contributed by atoms with van der Waals surface area (Å²) < 4.78 is 0. The van der Waals surface area contributed by atoms with E-state index in [0.29, 0.717) is 25.0 Å². The Kier molecular flexibility index (Phi) is 5.07. The molecule has 0 aromatic heterocycles. The highest BCUT2D eigenvalue weighted by Gasteiger charge is 2.24. The van der Waals surface area contributed by atoms with Crippen LogP contribution in [0.4, 0.5) is 0 Å². The molecule has 0 aliphatic carbocycles. The molecule has 1 unspecified atom stereocenters. The second-order valence-electron chi connectivity index (χ2n) is 6.10. The van der Waals surface area contributed by atoms with E-state index in [1.807, 2.05) is 0 Å². The van der Waals surface area contributed by atoms with Gasteiger partial charge in [-0.25, -0.2) is 0 Å². The number of benzene rings is 1. The fourth-order valence-corrected chi connectivity index (χ4v) is 2.73. The van der Waals surface area contributed by atoms with E-state index < -0.39 is 0 Å². The number of hydrogen-bond donors (Lipinski definition) is 3. The van der Waals surface area contributed by atoms with Gasteiger partial charge in [-0.1, -0.05) is 13.8 Å². The molecule has 21 heavy (non-hydrogen) atoms. The summed E-state index contributed by atoms with van der Waals surface area (Å²) in [5.74, 6) is 0.00572. The predicted octanol–water partition coefficient (Wildman–Crippen LogP) is 1.95. The van der Waals surface area contributed by atoms with E-state index in [2.05, 4.69) is 19.2 Å². The van der Waals surface area contributed by atoms with Gasteiger partial charge in [-0.3, -0.25) is 4.79 Å². The first-order valence-corrected chi connectivity index (χ1v) is 7.52. The van der Waals surface area contributed by atoms with Crippen molar-refractivity contribution in [1.29, 1.82) is 0 Å². The van der Waals surface area contributed by atoms with Crippen LogP contribution in [0.1, 0.15) is 37.0 Å². The third-order valence-electron chi connectivity index (χ3n) is 3.69. The van der Waals surface area contributed by atoms with E-state index in [4.69, 9.17) is 0 Å². The number of carbonyl (C=O) groups excluding carboxylic acids is 1. The Morgan fingerprint density at radius 1 is 1.43 bits per heavy atom. The summed E-state index contributed by atoms with van der Waals surface area (Å²) in [6, 6.07) is 4.36. The molecular formula is C16H24N2O3. The zero-order valence-electron chi connectivity index (χ0n) is 12.7. The summed E-state index contributed by atoms with van der Waals surface area (Å²) in [6.07, 6.45) is 2.19. The van der Waals surface area contributed by atoms with Gasteiger partial charge in [0, 0.05) is 19.1 Å². The Balaban J connectivity index is 2.17. The average molecular weight is 292 g/mol. The second-order valence-corrected chi connectivity index (χ2v) is 6.10. The van der Waals surface area contributed by atoms with Crippen LogP contribution in [0.3, 0.4) is 0 Å². The molecule has 1 aromatic rings. The maximum Gasteiger partial charge on any atom is 0.257 e. The Morgan fingerprint density at radius 3 is 2.81 bits per heavy atom. The average Bonchev–Trinajstić information content (AvgIpc) is 2.92. The van der Waals surface area contributed by atoms with Gasteiger partial charge >= 0.3 is 0 Å². The van der Waals surface area contributed by atoms with Crippen LogP contribution < -0.4 is 5.32 Å². The van der Waals surface area contributed by atoms with Crippen molar-refractivity contribution in [2.24, 2.45) is 5.92 Å². The molecule has 5 heteroatoms. The highest BCUT2D eigenvalue weighted by atomic mass is 16.3. The van der Waals surface area contributed by atoms with Crippen LogP contribution in [0.15, 0.2) is 18.2 Å². The predicted molar refractivity (Wildman–Crippen MR) is 81.5 cm³/mol. The Bertz CT molecular complexity index is 496. The first-order valence-electron chi connectivity index (χ1n) is 7.52. The lowest BCUT2D eigenvalue weighted by atomic mass is 10.1. The molecule has 2 rings (SSSR count). The van der Waals surface area contributed by atoms with Crippen molar-refractivity contribution in [1.82, 2.24) is 10.2 Å². The topological polar surface area (TPSA) is 72.8 Å². The van der Waals surface area contributed by atoms with Crippen LogP contribution in [0.2, 0.25) is 0 Å². The number of hydrogen-bond acceptors (Lipinski definition) is 4. The van der Waals surface area contributed by atoms with E-state index >= 15 is 0 Å². The summed E-state index contributed by atoms with van der Waals surface area (Å²) in [4.78, 5) is 14.4. The summed E-state index contributed by atoms with van der Waals surface area (Å²) in [6.45, 7) is 6.37. The number of aromatic hydroxyl groups is 2. The van der Waals surface area contributed by atoms with Gasteiger partial charge in [0.25, 0.3) is 5.91 Å². The lowest BCUT2D eigenvalue weighted by Crippen LogP contribution is -2.42. The molecule has 116 valence electrons. The molecule has 1 aliphatic heterocycles. The van der Waals surface area contributed by atoms with Gasteiger partial charge in [-0.05, 0) is 43.5 Å². The highest BCUT2D eigenvalue weighted by molar-refractivity contribution is 5.97. The number of nitrogens with one attached hydrogen (secondary N) is 1. The fraction of sp³-hybridized carbons (Fsp3) is 0.562. The number of nitrogens with zero attached hydrogens (tertiary/aromatic N) is 1. The van der Waals surface area contributed by atoms with Crippen LogP contribution in [0.25, 0.3) is 0 Å². The zero-order chi connectivity index (χ0) is 15.4. The minimum absolute atomic E-state index is 0.0142. The highest BCUT2D eigenvalue weighted by Crippen LogP contribution is 2.24. The third kappa shape index (κ3) is 4.11. The van der Waals surface area contributed by atoms with E-state index in [1.165, 1.54) is 18.2 Å². The molecule has 1 aliphatic rings. The number of phenols is 2. The first kappa shape index (κ1) is 15.6. The molecule has 5 nitrogen and oxygen atoms in total. The molecule has 1 atom stereocenters. The molecule has 3 N–H and O–H groups in total. The third-order valence-corrected chi connectivity index (χ3v) is 3.69. The molecule has 0 bridgehead atoms. The Labute approximate surface area is 125 Å². The molecule has 1 heterocycles. The SMILES string of the molecule is CC(C)CN(CC1CCCN1)C(=O)c1cc(O)ccc1O. The van der Waals surface area contributed by atoms with Gasteiger partial charge in [-0.15, -0.1) is 0 Å². The van der Waals surface area contributed by atoms with Gasteiger partial charge < -0.3 is 20.4 Å². The molecule has 1 fully saturated rings. The van der Waals surface area contributed by atoms with Crippen molar-refractivity contribution in [2.45, 2.75) is 32.7 Å². The van der Waals surface area contributed by atoms with Crippen molar-refractivity contribution in [3.05, 3.63) is 23.8 Å². The van der Waals surface area contributed by atoms with Crippen LogP contribution >= 0.6 is 0 Å². The maximum atomic E-state index is 12.7. The van der Waals surface area contributed by atoms with Crippen LogP contribution in [-0.4, -0.2) is 46.7 Å². The van der Waals surface area contributed by atoms with Gasteiger partial charge in [0.05, 0.1) is 5.56 Å². The Morgan fingerprint density at radius 2 is 2.19 bits per heavy atom. The molecule has 1 aromatic carbocycles. The van der Waals surface area contributed by atoms with Crippen molar-refractivity contribution in [3.8, 4) is 11.5 Å². The van der Waals surface area contributed by atoms with Crippen molar-refractivity contribution in [2.75, 3.05) is 19.6 Å². The minimum Gasteiger partial charge on any atom is -0.508 e. The van der Waals surface area contributed by atoms with Gasteiger partial charge in [0.2, 0.25) is 0 Å². The number of rotatable bonds is 5. The van der Waals surface area contributed by atoms with Crippen LogP contribution in [-0.2, 0) is 0 Å². The Hall–Kier alpha value is -1.75. The normalized spacial score (nSPS) is 18.1. The number of carbonyl (C=O) groups is 1. The fourth-order valence-electron chi connectivity index (χ4n) is 2.73. The minimum atomic E-state index is -0.231. The number of amides is 1. The summed E-state index contributed by atoms with van der Waals surface area (Å²) in [7, 11) is 0. The standard InChI is InChI=1S/C16H24N2O3/c1-11(2)9-18(10-12-4-3-7-17-12)16(21)14-8-13(19)5-6-15(14)20/h5-6,8,11-12,17,19-20H,3-4,7,9-10H2,1-2H3. The van der Waals surface area contributed by atoms with Gasteiger partial charge in [0.1, 0.15) is 11.5 Å². The summed E-state index contributed by atoms with van der Waals surface area (Å²) in [5, 5.41) is 22.8. The van der Waals surface area contributed by atoms with E-state index in [0.717, 1.165) is 19.4 Å². The van der Waals surface area contributed by atoms with E-state index in [1.54, 1.807) is 4.90 Å². The molecule has 1 saturated heterocycles.